The molecule has 1 aromatic rings. The lowest BCUT2D eigenvalue weighted by atomic mass is 10.2. The van der Waals surface area contributed by atoms with Crippen LogP contribution in [0.4, 0.5) is 0 Å². The lowest BCUT2D eigenvalue weighted by molar-refractivity contribution is -0.117. The van der Waals surface area contributed by atoms with Gasteiger partial charge in [0.1, 0.15) is 11.5 Å². The van der Waals surface area contributed by atoms with Gasteiger partial charge in [-0.1, -0.05) is 29.3 Å². The van der Waals surface area contributed by atoms with E-state index in [1.807, 2.05) is 26.8 Å². The number of allylic oxidation sites excluding steroid dienone is 2. The molecule has 5 nitrogen and oxygen atoms in total. The summed E-state index contributed by atoms with van der Waals surface area (Å²) in [6.07, 6.45) is 3.36. The van der Waals surface area contributed by atoms with E-state index in [2.05, 4.69) is 15.6 Å². The van der Waals surface area contributed by atoms with Gasteiger partial charge in [-0.15, -0.1) is 0 Å². The van der Waals surface area contributed by atoms with E-state index >= 15 is 0 Å². The van der Waals surface area contributed by atoms with Gasteiger partial charge in [0, 0.05) is 18.8 Å². The van der Waals surface area contributed by atoms with Gasteiger partial charge >= 0.3 is 0 Å². The molecule has 0 saturated heterocycles. The largest absolute Gasteiger partial charge is 0.394 e. The summed E-state index contributed by atoms with van der Waals surface area (Å²) in [4.78, 5) is 16.5. The molecule has 25 heavy (non-hydrogen) atoms. The van der Waals surface area contributed by atoms with E-state index in [1.54, 1.807) is 31.3 Å². The van der Waals surface area contributed by atoms with Crippen molar-refractivity contribution in [2.45, 2.75) is 40.3 Å². The first-order valence-corrected chi connectivity index (χ1v) is 8.65. The van der Waals surface area contributed by atoms with Gasteiger partial charge < -0.3 is 16.4 Å². The number of hydrogen-bond donors (Lipinski definition) is 3. The van der Waals surface area contributed by atoms with E-state index in [1.165, 1.54) is 0 Å². The number of hydrogen-bond acceptors (Lipinski definition) is 4. The zero-order valence-corrected chi connectivity index (χ0v) is 16.4. The Morgan fingerprint density at radius 2 is 2.00 bits per heavy atom. The summed E-state index contributed by atoms with van der Waals surface area (Å²) < 4.78 is 0. The summed E-state index contributed by atoms with van der Waals surface area (Å²) >= 11 is 11.9. The van der Waals surface area contributed by atoms with Crippen LogP contribution in [0.2, 0.25) is 10.0 Å². The molecule has 1 amide bonds. The first kappa shape index (κ1) is 21.1. The quantitative estimate of drug-likeness (QED) is 0.495. The minimum Gasteiger partial charge on any atom is -0.394 e. The summed E-state index contributed by atoms with van der Waals surface area (Å²) in [5, 5.41) is 6.85. The van der Waals surface area contributed by atoms with Crippen LogP contribution in [-0.2, 0) is 11.3 Å². The van der Waals surface area contributed by atoms with Gasteiger partial charge in [-0.3, -0.25) is 9.79 Å². The van der Waals surface area contributed by atoms with Crippen LogP contribution in [-0.4, -0.2) is 18.2 Å². The number of nitrogens with two attached hydrogens (primary N) is 1. The number of nitrogens with one attached hydrogen (secondary N) is 2. The smallest absolute Gasteiger partial charge is 0.272 e. The van der Waals surface area contributed by atoms with Crippen molar-refractivity contribution >= 4 is 35.3 Å². The minimum absolute atomic E-state index is 0.125. The zero-order valence-electron chi connectivity index (χ0n) is 14.9. The minimum atomic E-state index is -0.387. The molecule has 0 aliphatic carbocycles. The molecule has 0 aliphatic rings. The topological polar surface area (TPSA) is 79.5 Å². The Morgan fingerprint density at radius 3 is 2.56 bits per heavy atom. The average molecular weight is 383 g/mol. The van der Waals surface area contributed by atoms with Crippen LogP contribution in [0.25, 0.3) is 0 Å². The summed E-state index contributed by atoms with van der Waals surface area (Å²) in [6.45, 7) is 7.94. The normalized spacial score (nSPS) is 13.2. The fourth-order valence-electron chi connectivity index (χ4n) is 1.76. The third-order valence-corrected chi connectivity index (χ3v) is 3.98. The van der Waals surface area contributed by atoms with Crippen molar-refractivity contribution in [3.63, 3.8) is 0 Å². The van der Waals surface area contributed by atoms with Gasteiger partial charge in [-0.05, 0) is 57.0 Å². The monoisotopic (exact) mass is 382 g/mol. The Labute approximate surface area is 159 Å². The lowest BCUT2D eigenvalue weighted by Gasteiger charge is -2.13. The van der Waals surface area contributed by atoms with E-state index < -0.39 is 0 Å². The highest BCUT2D eigenvalue weighted by Crippen LogP contribution is 2.22. The molecule has 1 rings (SSSR count). The fraction of sp³-hybridized carbons (Fsp3) is 0.333. The van der Waals surface area contributed by atoms with Crippen molar-refractivity contribution in [1.29, 1.82) is 0 Å². The number of aliphatic imine (C=N–C) groups is 1. The molecule has 136 valence electrons. The maximum atomic E-state index is 12.2. The first-order valence-electron chi connectivity index (χ1n) is 7.89. The highest BCUT2D eigenvalue weighted by atomic mass is 35.5. The van der Waals surface area contributed by atoms with Crippen LogP contribution >= 0.6 is 23.2 Å². The van der Waals surface area contributed by atoms with E-state index in [4.69, 9.17) is 28.9 Å². The molecular formula is C18H24Cl2N4O. The second kappa shape index (κ2) is 10.1. The average Bonchev–Trinajstić information content (AvgIpc) is 2.58. The van der Waals surface area contributed by atoms with Crippen molar-refractivity contribution in [3.05, 3.63) is 57.0 Å². The standard InChI is InChI=1S/C18H24Cl2N4O/c1-5-16(23-10-13-6-7-14(19)15(20)8-13)24-18(25)17(21)12(4)9-22-11(2)3/h5-9,11,23H,10,21H2,1-4H3,(H,24,25)/b16-5?,17-12-,22-9?. The molecule has 7 heteroatoms. The van der Waals surface area contributed by atoms with Crippen molar-refractivity contribution in [1.82, 2.24) is 10.6 Å². The molecule has 4 N–H and O–H groups in total. The summed E-state index contributed by atoms with van der Waals surface area (Å²) in [7, 11) is 0. The molecule has 0 radical (unpaired) electrons. The molecule has 0 aliphatic heterocycles. The number of halogens is 2. The number of nitrogens with zero attached hydrogens (tertiary/aromatic N) is 1. The van der Waals surface area contributed by atoms with Crippen LogP contribution in [0.15, 0.2) is 46.4 Å². The number of carbonyl (C=O) groups excluding carboxylic acids is 1. The Balaban J connectivity index is 2.70. The van der Waals surface area contributed by atoms with Crippen LogP contribution in [0.3, 0.4) is 0 Å². The Morgan fingerprint density at radius 1 is 1.32 bits per heavy atom. The highest BCUT2D eigenvalue weighted by molar-refractivity contribution is 6.42. The molecule has 0 unspecified atom stereocenters. The lowest BCUT2D eigenvalue weighted by Crippen LogP contribution is -2.34. The summed E-state index contributed by atoms with van der Waals surface area (Å²) in [5.74, 6) is 0.162. The highest BCUT2D eigenvalue weighted by Gasteiger charge is 2.10. The van der Waals surface area contributed by atoms with Crippen molar-refractivity contribution in [2.24, 2.45) is 10.7 Å². The van der Waals surface area contributed by atoms with Crippen molar-refractivity contribution in [3.8, 4) is 0 Å². The van der Waals surface area contributed by atoms with E-state index in [0.29, 0.717) is 28.0 Å². The molecule has 0 heterocycles. The number of carbonyl (C=O) groups is 1. The van der Waals surface area contributed by atoms with Gasteiger partial charge in [0.2, 0.25) is 0 Å². The third-order valence-electron chi connectivity index (χ3n) is 3.24. The van der Waals surface area contributed by atoms with Crippen LogP contribution in [0, 0.1) is 0 Å². The second-order valence-electron chi connectivity index (χ2n) is 5.73. The maximum absolute atomic E-state index is 12.2. The van der Waals surface area contributed by atoms with Crippen molar-refractivity contribution < 1.29 is 4.79 Å². The van der Waals surface area contributed by atoms with Crippen LogP contribution in [0.5, 0.6) is 0 Å². The second-order valence-corrected chi connectivity index (χ2v) is 6.54. The Kier molecular flexibility index (Phi) is 8.52. The number of rotatable bonds is 7. The maximum Gasteiger partial charge on any atom is 0.272 e. The number of amides is 1. The predicted octanol–water partition coefficient (Wildman–Crippen LogP) is 3.77. The van der Waals surface area contributed by atoms with Gasteiger partial charge in [0.15, 0.2) is 0 Å². The Hall–Kier alpha value is -1.98. The Bertz CT molecular complexity index is 709. The van der Waals surface area contributed by atoms with Gasteiger partial charge in [0.25, 0.3) is 5.91 Å². The molecule has 0 fully saturated rings. The summed E-state index contributed by atoms with van der Waals surface area (Å²) in [6, 6.07) is 5.50. The fourth-order valence-corrected chi connectivity index (χ4v) is 2.09. The molecule has 0 atom stereocenters. The van der Waals surface area contributed by atoms with E-state index in [0.717, 1.165) is 5.56 Å². The molecule has 0 bridgehead atoms. The molecule has 0 spiro atoms. The van der Waals surface area contributed by atoms with Crippen LogP contribution in [0.1, 0.15) is 33.3 Å². The molecular weight excluding hydrogens is 359 g/mol. The van der Waals surface area contributed by atoms with Crippen molar-refractivity contribution in [2.75, 3.05) is 0 Å². The summed E-state index contributed by atoms with van der Waals surface area (Å²) in [5.41, 5.74) is 7.56. The van der Waals surface area contributed by atoms with Crippen LogP contribution < -0.4 is 16.4 Å². The van der Waals surface area contributed by atoms with Gasteiger partial charge in [0.05, 0.1) is 10.0 Å². The van der Waals surface area contributed by atoms with Gasteiger partial charge in [-0.25, -0.2) is 0 Å². The first-order chi connectivity index (χ1) is 11.7. The third kappa shape index (κ3) is 7.20. The SMILES string of the molecule is CC=C(NCc1ccc(Cl)c(Cl)c1)NC(=O)/C(N)=C(\C)C=NC(C)C. The van der Waals surface area contributed by atoms with Gasteiger partial charge in [-0.2, -0.15) is 0 Å². The molecule has 0 saturated carbocycles. The zero-order chi connectivity index (χ0) is 19.0. The van der Waals surface area contributed by atoms with E-state index in [9.17, 15) is 4.79 Å². The predicted molar refractivity (Wildman–Crippen MR) is 106 cm³/mol. The molecule has 1 aromatic carbocycles. The van der Waals surface area contributed by atoms with E-state index in [-0.39, 0.29) is 17.6 Å². The molecule has 0 aromatic heterocycles. The number of benzene rings is 1.